The number of amides is 4. The molecule has 44 heavy (non-hydrogen) atoms. The molecular weight excluding hydrogens is 605 g/mol. The Morgan fingerprint density at radius 3 is 2.55 bits per heavy atom. The normalized spacial score (nSPS) is 19.7. The predicted molar refractivity (Wildman–Crippen MR) is 151 cm³/mol. The van der Waals surface area contributed by atoms with Gasteiger partial charge in [0.05, 0.1) is 34.1 Å². The first kappa shape index (κ1) is 30.8. The van der Waals surface area contributed by atoms with Gasteiger partial charge in [-0.3, -0.25) is 14.3 Å². The Bertz CT molecular complexity index is 1640. The summed E-state index contributed by atoms with van der Waals surface area (Å²) in [5, 5.41) is 20.8. The highest BCUT2D eigenvalue weighted by Gasteiger charge is 2.39. The van der Waals surface area contributed by atoms with Crippen molar-refractivity contribution in [2.75, 3.05) is 18.4 Å². The van der Waals surface area contributed by atoms with Crippen LogP contribution in [0, 0.1) is 11.3 Å². The maximum atomic E-state index is 13.6. The van der Waals surface area contributed by atoms with Crippen molar-refractivity contribution in [1.82, 2.24) is 34.9 Å². The van der Waals surface area contributed by atoms with Gasteiger partial charge in [0.2, 0.25) is 0 Å². The molecule has 3 aromatic rings. The molecule has 2 fully saturated rings. The van der Waals surface area contributed by atoms with Crippen molar-refractivity contribution in [3.05, 3.63) is 52.7 Å². The molecule has 232 valence electrons. The summed E-state index contributed by atoms with van der Waals surface area (Å²) in [6, 6.07) is 5.63. The Labute approximate surface area is 254 Å². The molecule has 0 unspecified atom stereocenters. The number of nitrogens with zero attached hydrogens (tertiary/aromatic N) is 6. The van der Waals surface area contributed by atoms with Crippen LogP contribution in [0.2, 0.25) is 5.02 Å². The molecule has 1 saturated heterocycles. The van der Waals surface area contributed by atoms with Gasteiger partial charge in [-0.2, -0.15) is 23.5 Å². The molecule has 1 aliphatic heterocycles. The highest BCUT2D eigenvalue weighted by Crippen LogP contribution is 2.36. The second-order valence-corrected chi connectivity index (χ2v) is 11.1. The number of hydrogen-bond acceptors (Lipinski definition) is 7. The summed E-state index contributed by atoms with van der Waals surface area (Å²) in [4.78, 5) is 43.7. The third kappa shape index (κ3) is 6.48. The van der Waals surface area contributed by atoms with Crippen LogP contribution in [-0.4, -0.2) is 73.3 Å². The number of anilines is 1. The lowest BCUT2D eigenvalue weighted by Crippen LogP contribution is -2.56. The largest absolute Gasteiger partial charge is 0.435 e. The van der Waals surface area contributed by atoms with Crippen molar-refractivity contribution < 1.29 is 27.6 Å². The Morgan fingerprint density at radius 1 is 1.18 bits per heavy atom. The van der Waals surface area contributed by atoms with E-state index in [0.29, 0.717) is 25.9 Å². The van der Waals surface area contributed by atoms with Gasteiger partial charge in [-0.1, -0.05) is 11.6 Å². The van der Waals surface area contributed by atoms with Crippen molar-refractivity contribution in [1.29, 1.82) is 5.26 Å². The summed E-state index contributed by atoms with van der Waals surface area (Å²) in [6.45, 7) is 0.754. The third-order valence-corrected chi connectivity index (χ3v) is 7.83. The average Bonchev–Trinajstić information content (AvgIpc) is 3.65. The second-order valence-electron chi connectivity index (χ2n) is 10.7. The van der Waals surface area contributed by atoms with Crippen molar-refractivity contribution in [2.24, 2.45) is 12.8 Å². The lowest BCUT2D eigenvalue weighted by molar-refractivity contribution is -0.141. The molecule has 0 spiro atoms. The van der Waals surface area contributed by atoms with E-state index in [0.717, 1.165) is 23.5 Å². The summed E-state index contributed by atoms with van der Waals surface area (Å²) in [5.74, 6) is -1.35. The Hall–Kier alpha value is -4.62. The molecule has 1 atom stereocenters. The minimum absolute atomic E-state index is 0.00495. The molecule has 3 heterocycles. The number of alkyl halides is 3. The number of rotatable bonds is 7. The van der Waals surface area contributed by atoms with Crippen LogP contribution >= 0.6 is 11.6 Å². The van der Waals surface area contributed by atoms with Gasteiger partial charge in [0.25, 0.3) is 11.8 Å². The molecule has 0 radical (unpaired) electrons. The molecule has 5 N–H and O–H groups in total. The molecule has 2 aliphatic rings. The first-order chi connectivity index (χ1) is 20.8. The number of imidazole rings is 1. The Morgan fingerprint density at radius 2 is 1.91 bits per heavy atom. The molecule has 1 aliphatic carbocycles. The molecule has 17 heteroatoms. The number of nitrogens with one attached hydrogen (secondary N) is 3. The van der Waals surface area contributed by atoms with Crippen molar-refractivity contribution in [3.8, 4) is 17.3 Å². The number of nitrogens with two attached hydrogens (primary N) is 1. The van der Waals surface area contributed by atoms with Gasteiger partial charge in [0, 0.05) is 50.1 Å². The topological polar surface area (TPSA) is 176 Å². The van der Waals surface area contributed by atoms with Gasteiger partial charge in [-0.25, -0.2) is 9.78 Å². The lowest BCUT2D eigenvalue weighted by Gasteiger charge is -2.37. The van der Waals surface area contributed by atoms with Gasteiger partial charge in [0.15, 0.2) is 11.5 Å². The van der Waals surface area contributed by atoms with Crippen molar-refractivity contribution in [2.45, 2.75) is 50.1 Å². The van der Waals surface area contributed by atoms with E-state index in [1.54, 1.807) is 11.0 Å². The van der Waals surface area contributed by atoms with Gasteiger partial charge in [-0.05, 0) is 37.5 Å². The quantitative estimate of drug-likeness (QED) is 0.309. The monoisotopic (exact) mass is 632 g/mol. The number of likely N-dealkylation sites (tertiary alicyclic amines) is 1. The van der Waals surface area contributed by atoms with E-state index in [1.807, 2.05) is 0 Å². The number of benzene rings is 1. The number of carbonyl (C=O) groups excluding carboxylic acids is 3. The van der Waals surface area contributed by atoms with E-state index < -0.39 is 30.2 Å². The fourth-order valence-electron chi connectivity index (χ4n) is 5.16. The maximum Gasteiger partial charge on any atom is 0.435 e. The smallest absolute Gasteiger partial charge is 0.349 e. The number of urea groups is 1. The standard InChI is InChI=1S/C27H28ClF3N10O3/c1-39-21(19-13-41(7-5-32)38-22(19)27(29,30)31)11-34-23(39)25(43)35-15-2-3-18(20(28)10-15)24(42)36-16-8-17(9-16)37-26(44)40-6-4-14(33)12-40/h2-3,10-11,13-14,16-17H,4,6-9,12,33H2,1H3,(H,35,43)(H,36,42)(H,37,44)/t14-,16?,17?/m1/s1. The molecule has 13 nitrogen and oxygen atoms in total. The summed E-state index contributed by atoms with van der Waals surface area (Å²) in [6.07, 6.45) is -0.716. The van der Waals surface area contributed by atoms with Crippen LogP contribution in [-0.2, 0) is 19.8 Å². The maximum absolute atomic E-state index is 13.6. The van der Waals surface area contributed by atoms with E-state index >= 15 is 0 Å². The lowest BCUT2D eigenvalue weighted by atomic mass is 9.86. The van der Waals surface area contributed by atoms with Crippen LogP contribution in [0.3, 0.4) is 0 Å². The number of hydrogen-bond donors (Lipinski definition) is 4. The van der Waals surface area contributed by atoms with Gasteiger partial charge < -0.3 is 31.2 Å². The van der Waals surface area contributed by atoms with Crippen LogP contribution in [0.1, 0.15) is 45.9 Å². The average molecular weight is 633 g/mol. The Kier molecular flexibility index (Phi) is 8.53. The minimum Gasteiger partial charge on any atom is -0.349 e. The summed E-state index contributed by atoms with van der Waals surface area (Å²) >= 11 is 6.34. The van der Waals surface area contributed by atoms with Crippen LogP contribution in [0.5, 0.6) is 0 Å². The van der Waals surface area contributed by atoms with Gasteiger partial charge in [-0.15, -0.1) is 0 Å². The zero-order chi connectivity index (χ0) is 31.8. The van der Waals surface area contributed by atoms with E-state index in [9.17, 15) is 27.6 Å². The number of nitriles is 1. The number of carbonyl (C=O) groups is 3. The van der Waals surface area contributed by atoms with Gasteiger partial charge >= 0.3 is 12.2 Å². The molecule has 4 amide bonds. The SMILES string of the molecule is Cn1c(-c2cn(CC#N)nc2C(F)(F)F)cnc1C(=O)Nc1ccc(C(=O)NC2CC(NC(=O)N3CC[C@@H](N)C3)C2)c(Cl)c1. The summed E-state index contributed by atoms with van der Waals surface area (Å²) in [5.41, 5.74) is 4.68. The third-order valence-electron chi connectivity index (χ3n) is 7.51. The Balaban J connectivity index is 1.18. The van der Waals surface area contributed by atoms with E-state index in [2.05, 4.69) is 26.0 Å². The molecule has 1 aromatic carbocycles. The first-order valence-corrected chi connectivity index (χ1v) is 14.0. The highest BCUT2D eigenvalue weighted by molar-refractivity contribution is 6.34. The zero-order valence-corrected chi connectivity index (χ0v) is 24.1. The van der Waals surface area contributed by atoms with E-state index in [-0.39, 0.29) is 57.5 Å². The van der Waals surface area contributed by atoms with Crippen molar-refractivity contribution >= 4 is 35.1 Å². The molecule has 2 aromatic heterocycles. The fourth-order valence-corrected chi connectivity index (χ4v) is 5.43. The van der Waals surface area contributed by atoms with E-state index in [1.165, 1.54) is 29.8 Å². The fraction of sp³-hybridized carbons (Fsp3) is 0.407. The van der Waals surface area contributed by atoms with Crippen molar-refractivity contribution in [3.63, 3.8) is 0 Å². The highest BCUT2D eigenvalue weighted by atomic mass is 35.5. The predicted octanol–water partition coefficient (Wildman–Crippen LogP) is 2.74. The molecule has 0 bridgehead atoms. The molecule has 1 saturated carbocycles. The number of halogens is 4. The number of aromatic nitrogens is 4. The van der Waals surface area contributed by atoms with Gasteiger partial charge in [0.1, 0.15) is 6.54 Å². The van der Waals surface area contributed by atoms with Crippen LogP contribution < -0.4 is 21.7 Å². The first-order valence-electron chi connectivity index (χ1n) is 13.6. The van der Waals surface area contributed by atoms with E-state index in [4.69, 9.17) is 22.6 Å². The summed E-state index contributed by atoms with van der Waals surface area (Å²) in [7, 11) is 1.37. The zero-order valence-electron chi connectivity index (χ0n) is 23.4. The second kappa shape index (κ2) is 12.2. The molecular formula is C27H28ClF3N10O3. The summed E-state index contributed by atoms with van der Waals surface area (Å²) < 4.78 is 42.8. The molecule has 5 rings (SSSR count). The minimum atomic E-state index is -4.80. The van der Waals surface area contributed by atoms with Crippen LogP contribution in [0.4, 0.5) is 23.7 Å². The van der Waals surface area contributed by atoms with Crippen LogP contribution in [0.15, 0.2) is 30.6 Å². The van der Waals surface area contributed by atoms with Crippen LogP contribution in [0.25, 0.3) is 11.3 Å².